The molecule has 0 aliphatic carbocycles. The van der Waals surface area contributed by atoms with Crippen LogP contribution in [0, 0.1) is 0 Å². The molecular weight excluding hydrogens is 304 g/mol. The Morgan fingerprint density at radius 2 is 1.67 bits per heavy atom. The third kappa shape index (κ3) is 5.87. The van der Waals surface area contributed by atoms with Gasteiger partial charge in [-0.05, 0) is 46.1 Å². The molecule has 1 aromatic rings. The molecule has 0 aromatic heterocycles. The first kappa shape index (κ1) is 20.0. The van der Waals surface area contributed by atoms with Crippen LogP contribution < -0.4 is 10.6 Å². The summed E-state index contributed by atoms with van der Waals surface area (Å²) in [7, 11) is 0. The Morgan fingerprint density at radius 3 is 2.12 bits per heavy atom. The fourth-order valence-electron chi connectivity index (χ4n) is 2.26. The van der Waals surface area contributed by atoms with Gasteiger partial charge in [-0.15, -0.1) is 0 Å². The second-order valence-electron chi connectivity index (χ2n) is 7.16. The minimum absolute atomic E-state index is 0.0926. The maximum Gasteiger partial charge on any atom is 0.408 e. The van der Waals surface area contributed by atoms with Gasteiger partial charge in [-0.2, -0.15) is 0 Å². The van der Waals surface area contributed by atoms with Gasteiger partial charge in [0.1, 0.15) is 11.1 Å². The van der Waals surface area contributed by atoms with Crippen molar-refractivity contribution in [1.29, 1.82) is 0 Å². The van der Waals surface area contributed by atoms with Crippen LogP contribution in [0.5, 0.6) is 0 Å². The molecule has 2 N–H and O–H groups in total. The standard InChI is InChI=1S/C19H30N2O3/c1-7-15(14-12-10-9-11-13-14)20-16(22)19(6,8-2)21-17(23)24-18(3,4)5/h9-13,15H,7-8H2,1-6H3,(H,20,22)(H,21,23)/t15-,19?/m0/s1. The highest BCUT2D eigenvalue weighted by atomic mass is 16.6. The molecule has 2 amide bonds. The Bertz CT molecular complexity index is 551. The topological polar surface area (TPSA) is 67.4 Å². The van der Waals surface area contributed by atoms with E-state index in [2.05, 4.69) is 10.6 Å². The summed E-state index contributed by atoms with van der Waals surface area (Å²) in [5, 5.41) is 5.74. The molecule has 1 unspecified atom stereocenters. The number of carbonyl (C=O) groups is 2. The SMILES string of the molecule is CC[C@H](NC(=O)C(C)(CC)NC(=O)OC(C)(C)C)c1ccccc1. The molecule has 1 rings (SSSR count). The summed E-state index contributed by atoms with van der Waals surface area (Å²) >= 11 is 0. The largest absolute Gasteiger partial charge is 0.444 e. The number of amides is 2. The van der Waals surface area contributed by atoms with Crippen LogP contribution in [-0.4, -0.2) is 23.1 Å². The molecule has 0 saturated carbocycles. The van der Waals surface area contributed by atoms with Crippen molar-refractivity contribution < 1.29 is 14.3 Å². The van der Waals surface area contributed by atoms with E-state index in [0.717, 1.165) is 12.0 Å². The van der Waals surface area contributed by atoms with Crippen molar-refractivity contribution in [3.05, 3.63) is 35.9 Å². The Kier molecular flexibility index (Phi) is 6.81. The molecule has 0 aliphatic rings. The van der Waals surface area contributed by atoms with Crippen molar-refractivity contribution in [3.8, 4) is 0 Å². The van der Waals surface area contributed by atoms with E-state index in [-0.39, 0.29) is 11.9 Å². The quantitative estimate of drug-likeness (QED) is 0.828. The molecule has 5 nitrogen and oxygen atoms in total. The Hall–Kier alpha value is -2.04. The molecule has 0 heterocycles. The van der Waals surface area contributed by atoms with Gasteiger partial charge in [0.15, 0.2) is 0 Å². The first-order valence-electron chi connectivity index (χ1n) is 8.48. The monoisotopic (exact) mass is 334 g/mol. The predicted octanol–water partition coefficient (Wildman–Crippen LogP) is 3.95. The van der Waals surface area contributed by atoms with Crippen LogP contribution in [0.15, 0.2) is 30.3 Å². The summed E-state index contributed by atoms with van der Waals surface area (Å²) in [6.07, 6.45) is 0.639. The number of nitrogens with one attached hydrogen (secondary N) is 2. The van der Waals surface area contributed by atoms with Crippen molar-refractivity contribution in [2.24, 2.45) is 0 Å². The van der Waals surface area contributed by atoms with E-state index in [1.54, 1.807) is 27.7 Å². The second kappa shape index (κ2) is 8.18. The average Bonchev–Trinajstić information content (AvgIpc) is 2.51. The summed E-state index contributed by atoms with van der Waals surface area (Å²) in [5.74, 6) is -0.216. The van der Waals surface area contributed by atoms with Crippen molar-refractivity contribution >= 4 is 12.0 Å². The Morgan fingerprint density at radius 1 is 1.08 bits per heavy atom. The molecule has 24 heavy (non-hydrogen) atoms. The summed E-state index contributed by atoms with van der Waals surface area (Å²) < 4.78 is 5.27. The van der Waals surface area contributed by atoms with Crippen LogP contribution in [0.2, 0.25) is 0 Å². The van der Waals surface area contributed by atoms with E-state index in [9.17, 15) is 9.59 Å². The summed E-state index contributed by atoms with van der Waals surface area (Å²) in [6, 6.07) is 9.71. The average molecular weight is 334 g/mol. The fourth-order valence-corrected chi connectivity index (χ4v) is 2.26. The molecule has 0 radical (unpaired) electrons. The summed E-state index contributed by atoms with van der Waals surface area (Å²) in [6.45, 7) is 11.0. The van der Waals surface area contributed by atoms with Gasteiger partial charge in [-0.3, -0.25) is 4.79 Å². The van der Waals surface area contributed by atoms with Gasteiger partial charge in [0.2, 0.25) is 5.91 Å². The van der Waals surface area contributed by atoms with E-state index in [1.807, 2.05) is 44.2 Å². The van der Waals surface area contributed by atoms with E-state index in [0.29, 0.717) is 6.42 Å². The van der Waals surface area contributed by atoms with Crippen LogP contribution in [0.25, 0.3) is 0 Å². The number of ether oxygens (including phenoxy) is 1. The maximum atomic E-state index is 12.8. The molecule has 0 bridgehead atoms. The van der Waals surface area contributed by atoms with Gasteiger partial charge in [0, 0.05) is 0 Å². The Labute approximate surface area is 145 Å². The van der Waals surface area contributed by atoms with Crippen molar-refractivity contribution in [1.82, 2.24) is 10.6 Å². The van der Waals surface area contributed by atoms with Crippen LogP contribution in [0.1, 0.15) is 66.0 Å². The number of alkyl carbamates (subject to hydrolysis) is 1. The van der Waals surface area contributed by atoms with Crippen molar-refractivity contribution in [2.45, 2.75) is 71.6 Å². The zero-order valence-corrected chi connectivity index (χ0v) is 15.6. The molecule has 0 aliphatic heterocycles. The minimum Gasteiger partial charge on any atom is -0.444 e. The summed E-state index contributed by atoms with van der Waals surface area (Å²) in [4.78, 5) is 24.8. The van der Waals surface area contributed by atoms with Crippen molar-refractivity contribution in [3.63, 3.8) is 0 Å². The molecule has 2 atom stereocenters. The lowest BCUT2D eigenvalue weighted by Gasteiger charge is -2.31. The highest BCUT2D eigenvalue weighted by molar-refractivity contribution is 5.89. The van der Waals surface area contributed by atoms with Gasteiger partial charge in [-0.25, -0.2) is 4.79 Å². The van der Waals surface area contributed by atoms with Crippen molar-refractivity contribution in [2.75, 3.05) is 0 Å². The van der Waals surface area contributed by atoms with E-state index < -0.39 is 17.2 Å². The van der Waals surface area contributed by atoms with Crippen LogP contribution in [-0.2, 0) is 9.53 Å². The van der Waals surface area contributed by atoms with E-state index in [4.69, 9.17) is 4.74 Å². The number of carbonyl (C=O) groups excluding carboxylic acids is 2. The zero-order valence-electron chi connectivity index (χ0n) is 15.6. The highest BCUT2D eigenvalue weighted by Gasteiger charge is 2.35. The molecule has 0 saturated heterocycles. The van der Waals surface area contributed by atoms with E-state index >= 15 is 0 Å². The minimum atomic E-state index is -1.02. The number of hydrogen-bond donors (Lipinski definition) is 2. The molecule has 134 valence electrons. The number of hydrogen-bond acceptors (Lipinski definition) is 3. The predicted molar refractivity (Wildman–Crippen MR) is 95.7 cm³/mol. The summed E-state index contributed by atoms with van der Waals surface area (Å²) in [5.41, 5.74) is -0.584. The molecule has 0 spiro atoms. The van der Waals surface area contributed by atoms with Gasteiger partial charge in [0.25, 0.3) is 0 Å². The third-order valence-corrected chi connectivity index (χ3v) is 3.90. The maximum absolute atomic E-state index is 12.8. The first-order chi connectivity index (χ1) is 11.1. The third-order valence-electron chi connectivity index (χ3n) is 3.90. The fraction of sp³-hybridized carbons (Fsp3) is 0.579. The van der Waals surface area contributed by atoms with Gasteiger partial charge in [0.05, 0.1) is 6.04 Å². The van der Waals surface area contributed by atoms with Crippen LogP contribution in [0.3, 0.4) is 0 Å². The number of rotatable bonds is 6. The molecule has 5 heteroatoms. The lowest BCUT2D eigenvalue weighted by molar-refractivity contribution is -0.128. The number of benzene rings is 1. The molecule has 1 aromatic carbocycles. The smallest absolute Gasteiger partial charge is 0.408 e. The lowest BCUT2D eigenvalue weighted by atomic mass is 9.96. The lowest BCUT2D eigenvalue weighted by Crippen LogP contribution is -2.57. The second-order valence-corrected chi connectivity index (χ2v) is 7.16. The van der Waals surface area contributed by atoms with Gasteiger partial charge in [-0.1, -0.05) is 44.2 Å². The first-order valence-corrected chi connectivity index (χ1v) is 8.48. The molecular formula is C19H30N2O3. The molecule has 0 fully saturated rings. The highest BCUT2D eigenvalue weighted by Crippen LogP contribution is 2.19. The van der Waals surface area contributed by atoms with Gasteiger partial charge >= 0.3 is 6.09 Å². The van der Waals surface area contributed by atoms with Gasteiger partial charge < -0.3 is 15.4 Å². The zero-order chi connectivity index (χ0) is 18.4. The Balaban J connectivity index is 2.82. The van der Waals surface area contributed by atoms with Crippen LogP contribution in [0.4, 0.5) is 4.79 Å². The van der Waals surface area contributed by atoms with E-state index in [1.165, 1.54) is 0 Å². The van der Waals surface area contributed by atoms with Crippen LogP contribution >= 0.6 is 0 Å². The normalized spacial score (nSPS) is 15.1.